The zero-order chi connectivity index (χ0) is 12.7. The molecule has 1 aromatic heterocycles. The van der Waals surface area contributed by atoms with Crippen LogP contribution in [-0.2, 0) is 0 Å². The van der Waals surface area contributed by atoms with Crippen molar-refractivity contribution in [3.05, 3.63) is 18.3 Å². The zero-order valence-electron chi connectivity index (χ0n) is 11.5. The average Bonchev–Trinajstić information content (AvgIpc) is 2.33. The summed E-state index contributed by atoms with van der Waals surface area (Å²) in [6.45, 7) is 12.0. The Balaban J connectivity index is 2.73. The van der Waals surface area contributed by atoms with E-state index in [4.69, 9.17) is 0 Å². The lowest BCUT2D eigenvalue weighted by Crippen LogP contribution is -2.27. The fourth-order valence-corrected chi connectivity index (χ4v) is 1.82. The number of rotatable bonds is 7. The van der Waals surface area contributed by atoms with Gasteiger partial charge in [-0.3, -0.25) is 0 Å². The Morgan fingerprint density at radius 3 is 2.71 bits per heavy atom. The third-order valence-electron chi connectivity index (χ3n) is 2.63. The second-order valence-electron chi connectivity index (χ2n) is 4.76. The average molecular weight is 235 g/mol. The summed E-state index contributed by atoms with van der Waals surface area (Å²) in [4.78, 5) is 6.73. The Kier molecular flexibility index (Phi) is 5.81. The van der Waals surface area contributed by atoms with E-state index in [0.717, 1.165) is 31.9 Å². The highest BCUT2D eigenvalue weighted by Gasteiger charge is 2.07. The van der Waals surface area contributed by atoms with Crippen LogP contribution in [0.25, 0.3) is 0 Å². The van der Waals surface area contributed by atoms with Gasteiger partial charge >= 0.3 is 0 Å². The summed E-state index contributed by atoms with van der Waals surface area (Å²) in [5.74, 6) is 1.65. The smallest absolute Gasteiger partial charge is 0.127 e. The molecule has 3 heteroatoms. The molecule has 0 fully saturated rings. The number of anilines is 2. The SMILES string of the molecule is CCCNc1cc(N(CC)CC(C)C)ccn1. The summed E-state index contributed by atoms with van der Waals surface area (Å²) in [5.41, 5.74) is 1.26. The topological polar surface area (TPSA) is 28.2 Å². The van der Waals surface area contributed by atoms with Crippen molar-refractivity contribution < 1.29 is 0 Å². The van der Waals surface area contributed by atoms with Crippen molar-refractivity contribution >= 4 is 11.5 Å². The van der Waals surface area contributed by atoms with Gasteiger partial charge in [0.2, 0.25) is 0 Å². The molecule has 0 amide bonds. The molecule has 0 atom stereocenters. The Hall–Kier alpha value is -1.25. The van der Waals surface area contributed by atoms with Crippen molar-refractivity contribution in [2.45, 2.75) is 34.1 Å². The highest BCUT2D eigenvalue weighted by atomic mass is 15.1. The number of pyridine rings is 1. The van der Waals surface area contributed by atoms with Crippen LogP contribution >= 0.6 is 0 Å². The van der Waals surface area contributed by atoms with Gasteiger partial charge in [-0.1, -0.05) is 20.8 Å². The van der Waals surface area contributed by atoms with Crippen molar-refractivity contribution in [2.75, 3.05) is 29.9 Å². The van der Waals surface area contributed by atoms with Crippen LogP contribution in [0.5, 0.6) is 0 Å². The monoisotopic (exact) mass is 235 g/mol. The van der Waals surface area contributed by atoms with E-state index in [9.17, 15) is 0 Å². The molecule has 0 aliphatic rings. The molecule has 0 saturated heterocycles. The maximum atomic E-state index is 4.33. The van der Waals surface area contributed by atoms with Gasteiger partial charge < -0.3 is 10.2 Å². The van der Waals surface area contributed by atoms with Crippen LogP contribution < -0.4 is 10.2 Å². The summed E-state index contributed by atoms with van der Waals surface area (Å²) in [5, 5.41) is 3.33. The van der Waals surface area contributed by atoms with Crippen LogP contribution in [0.15, 0.2) is 18.3 Å². The molecule has 0 spiro atoms. The first-order chi connectivity index (χ1) is 8.17. The fraction of sp³-hybridized carbons (Fsp3) is 0.643. The van der Waals surface area contributed by atoms with Crippen LogP contribution in [0, 0.1) is 5.92 Å². The predicted octanol–water partition coefficient (Wildman–Crippen LogP) is 3.39. The number of aromatic nitrogens is 1. The number of hydrogen-bond donors (Lipinski definition) is 1. The maximum Gasteiger partial charge on any atom is 0.127 e. The summed E-state index contributed by atoms with van der Waals surface area (Å²) < 4.78 is 0. The third-order valence-corrected chi connectivity index (χ3v) is 2.63. The number of nitrogens with zero attached hydrogens (tertiary/aromatic N) is 2. The molecule has 0 saturated carbocycles. The van der Waals surface area contributed by atoms with E-state index in [-0.39, 0.29) is 0 Å². The molecule has 1 rings (SSSR count). The first-order valence-corrected chi connectivity index (χ1v) is 6.62. The minimum Gasteiger partial charge on any atom is -0.371 e. The molecule has 0 unspecified atom stereocenters. The Morgan fingerprint density at radius 1 is 1.35 bits per heavy atom. The molecule has 3 nitrogen and oxygen atoms in total. The van der Waals surface area contributed by atoms with Gasteiger partial charge in [0.05, 0.1) is 0 Å². The predicted molar refractivity (Wildman–Crippen MR) is 75.7 cm³/mol. The van der Waals surface area contributed by atoms with Gasteiger partial charge in [0.15, 0.2) is 0 Å². The second-order valence-corrected chi connectivity index (χ2v) is 4.76. The molecule has 17 heavy (non-hydrogen) atoms. The molecule has 0 aromatic carbocycles. The van der Waals surface area contributed by atoms with Crippen LogP contribution in [0.1, 0.15) is 34.1 Å². The minimum atomic E-state index is 0.676. The molecule has 0 aliphatic heterocycles. The number of hydrogen-bond acceptors (Lipinski definition) is 3. The quantitative estimate of drug-likeness (QED) is 0.785. The second kappa shape index (κ2) is 7.15. The molecule has 1 N–H and O–H groups in total. The zero-order valence-corrected chi connectivity index (χ0v) is 11.5. The molecule has 0 bridgehead atoms. The van der Waals surface area contributed by atoms with Gasteiger partial charge in [-0.15, -0.1) is 0 Å². The normalized spacial score (nSPS) is 10.6. The molecular formula is C14H25N3. The summed E-state index contributed by atoms with van der Waals surface area (Å²) in [6.07, 6.45) is 3.01. The van der Waals surface area contributed by atoms with Crippen molar-refractivity contribution in [3.8, 4) is 0 Å². The first-order valence-electron chi connectivity index (χ1n) is 6.62. The fourth-order valence-electron chi connectivity index (χ4n) is 1.82. The van der Waals surface area contributed by atoms with Crippen molar-refractivity contribution in [2.24, 2.45) is 5.92 Å². The molecule has 1 heterocycles. The molecule has 96 valence electrons. The Bertz CT molecular complexity index is 323. The Labute approximate surface area is 105 Å². The van der Waals surface area contributed by atoms with Crippen molar-refractivity contribution in [3.63, 3.8) is 0 Å². The van der Waals surface area contributed by atoms with E-state index in [2.05, 4.69) is 55.0 Å². The number of nitrogens with one attached hydrogen (secondary N) is 1. The largest absolute Gasteiger partial charge is 0.371 e. The Morgan fingerprint density at radius 2 is 2.12 bits per heavy atom. The summed E-state index contributed by atoms with van der Waals surface area (Å²) >= 11 is 0. The van der Waals surface area contributed by atoms with Crippen LogP contribution in [0.3, 0.4) is 0 Å². The van der Waals surface area contributed by atoms with Gasteiger partial charge in [0.25, 0.3) is 0 Å². The summed E-state index contributed by atoms with van der Waals surface area (Å²) in [6, 6.07) is 4.23. The van der Waals surface area contributed by atoms with Gasteiger partial charge in [-0.2, -0.15) is 0 Å². The third kappa shape index (κ3) is 4.63. The van der Waals surface area contributed by atoms with Gasteiger partial charge in [-0.05, 0) is 25.3 Å². The molecule has 1 aromatic rings. The van der Waals surface area contributed by atoms with Crippen molar-refractivity contribution in [1.82, 2.24) is 4.98 Å². The highest BCUT2D eigenvalue weighted by molar-refractivity contribution is 5.53. The molecule has 0 radical (unpaired) electrons. The minimum absolute atomic E-state index is 0.676. The van der Waals surface area contributed by atoms with Crippen molar-refractivity contribution in [1.29, 1.82) is 0 Å². The van der Waals surface area contributed by atoms with E-state index in [1.807, 2.05) is 6.20 Å². The van der Waals surface area contributed by atoms with E-state index < -0.39 is 0 Å². The van der Waals surface area contributed by atoms with E-state index in [1.165, 1.54) is 5.69 Å². The van der Waals surface area contributed by atoms with E-state index in [1.54, 1.807) is 0 Å². The lowest BCUT2D eigenvalue weighted by Gasteiger charge is -2.25. The van der Waals surface area contributed by atoms with E-state index in [0.29, 0.717) is 5.92 Å². The molecular weight excluding hydrogens is 210 g/mol. The maximum absolute atomic E-state index is 4.33. The standard InChI is InChI=1S/C14H25N3/c1-5-8-15-14-10-13(7-9-16-14)17(6-2)11-12(3)4/h7,9-10,12H,5-6,8,11H2,1-4H3,(H,15,16). The van der Waals surface area contributed by atoms with Gasteiger partial charge in [0.1, 0.15) is 5.82 Å². The highest BCUT2D eigenvalue weighted by Crippen LogP contribution is 2.18. The van der Waals surface area contributed by atoms with Crippen LogP contribution in [0.4, 0.5) is 11.5 Å². The molecule has 0 aliphatic carbocycles. The lowest BCUT2D eigenvalue weighted by atomic mass is 10.2. The van der Waals surface area contributed by atoms with E-state index >= 15 is 0 Å². The first kappa shape index (κ1) is 13.8. The van der Waals surface area contributed by atoms with Gasteiger partial charge in [0, 0.05) is 37.6 Å². The summed E-state index contributed by atoms with van der Waals surface area (Å²) in [7, 11) is 0. The lowest BCUT2D eigenvalue weighted by molar-refractivity contribution is 0.618. The van der Waals surface area contributed by atoms with Crippen LogP contribution in [-0.4, -0.2) is 24.6 Å². The van der Waals surface area contributed by atoms with Crippen LogP contribution in [0.2, 0.25) is 0 Å². The van der Waals surface area contributed by atoms with Gasteiger partial charge in [-0.25, -0.2) is 4.98 Å².